The SMILES string of the molecule is Cc1c(C(=O)Nc2cnn(C)c2C(=O)O)cnn1C. The molecule has 0 radical (unpaired) electrons. The number of aryl methyl sites for hydroxylation is 2. The number of anilines is 1. The molecule has 1 amide bonds. The van der Waals surface area contributed by atoms with Crippen LogP contribution >= 0.6 is 0 Å². The van der Waals surface area contributed by atoms with E-state index in [0.29, 0.717) is 11.3 Å². The maximum Gasteiger partial charge on any atom is 0.356 e. The van der Waals surface area contributed by atoms with Gasteiger partial charge in [-0.25, -0.2) is 4.79 Å². The van der Waals surface area contributed by atoms with Crippen molar-refractivity contribution in [3.8, 4) is 0 Å². The van der Waals surface area contributed by atoms with Gasteiger partial charge < -0.3 is 10.4 Å². The van der Waals surface area contributed by atoms with E-state index >= 15 is 0 Å². The molecule has 2 rings (SSSR count). The monoisotopic (exact) mass is 263 g/mol. The third-order valence-corrected chi connectivity index (χ3v) is 2.87. The van der Waals surface area contributed by atoms with Crippen molar-refractivity contribution in [2.24, 2.45) is 14.1 Å². The number of carbonyl (C=O) groups excluding carboxylic acids is 1. The fourth-order valence-electron chi connectivity index (χ4n) is 1.69. The molecular weight excluding hydrogens is 250 g/mol. The number of rotatable bonds is 3. The van der Waals surface area contributed by atoms with Crippen molar-refractivity contribution < 1.29 is 14.7 Å². The van der Waals surface area contributed by atoms with Crippen molar-refractivity contribution in [2.45, 2.75) is 6.92 Å². The second-order valence-corrected chi connectivity index (χ2v) is 4.06. The van der Waals surface area contributed by atoms with Crippen LogP contribution in [0.2, 0.25) is 0 Å². The maximum atomic E-state index is 12.0. The molecule has 0 fully saturated rings. The van der Waals surface area contributed by atoms with Crippen LogP contribution in [0.4, 0.5) is 5.69 Å². The highest BCUT2D eigenvalue weighted by atomic mass is 16.4. The molecule has 100 valence electrons. The first-order valence-corrected chi connectivity index (χ1v) is 5.47. The van der Waals surface area contributed by atoms with Crippen molar-refractivity contribution in [3.05, 3.63) is 29.3 Å². The summed E-state index contributed by atoms with van der Waals surface area (Å²) in [6, 6.07) is 0. The molecule has 8 nitrogen and oxygen atoms in total. The highest BCUT2D eigenvalue weighted by Gasteiger charge is 2.20. The van der Waals surface area contributed by atoms with E-state index in [9.17, 15) is 9.59 Å². The van der Waals surface area contributed by atoms with Crippen molar-refractivity contribution in [1.82, 2.24) is 19.6 Å². The number of nitrogens with one attached hydrogen (secondary N) is 1. The van der Waals surface area contributed by atoms with Crippen LogP contribution in [0.25, 0.3) is 0 Å². The van der Waals surface area contributed by atoms with E-state index in [1.54, 1.807) is 18.7 Å². The summed E-state index contributed by atoms with van der Waals surface area (Å²) in [5, 5.41) is 19.3. The highest BCUT2D eigenvalue weighted by molar-refractivity contribution is 6.07. The lowest BCUT2D eigenvalue weighted by Gasteiger charge is -2.04. The molecule has 0 aromatic carbocycles. The van der Waals surface area contributed by atoms with Crippen LogP contribution in [0, 0.1) is 6.92 Å². The van der Waals surface area contributed by atoms with Crippen LogP contribution in [-0.2, 0) is 14.1 Å². The van der Waals surface area contributed by atoms with Crippen LogP contribution in [0.5, 0.6) is 0 Å². The normalized spacial score (nSPS) is 10.5. The minimum Gasteiger partial charge on any atom is -0.476 e. The Kier molecular flexibility index (Phi) is 3.07. The van der Waals surface area contributed by atoms with Gasteiger partial charge in [-0.05, 0) is 6.92 Å². The predicted molar refractivity (Wildman–Crippen MR) is 66.1 cm³/mol. The average Bonchev–Trinajstić information content (AvgIpc) is 2.84. The molecule has 0 saturated heterocycles. The molecule has 0 aliphatic rings. The Morgan fingerprint density at radius 2 is 1.84 bits per heavy atom. The Morgan fingerprint density at radius 1 is 1.21 bits per heavy atom. The van der Waals surface area contributed by atoms with Crippen LogP contribution in [-0.4, -0.2) is 36.5 Å². The molecule has 19 heavy (non-hydrogen) atoms. The Labute approximate surface area is 108 Å². The maximum absolute atomic E-state index is 12.0. The van der Waals surface area contributed by atoms with Crippen molar-refractivity contribution in [1.29, 1.82) is 0 Å². The van der Waals surface area contributed by atoms with Gasteiger partial charge in [0, 0.05) is 19.8 Å². The third-order valence-electron chi connectivity index (χ3n) is 2.87. The molecule has 8 heteroatoms. The minimum absolute atomic E-state index is 0.0742. The number of amides is 1. The quantitative estimate of drug-likeness (QED) is 0.835. The Balaban J connectivity index is 2.30. The molecule has 2 N–H and O–H groups in total. The van der Waals surface area contributed by atoms with Gasteiger partial charge >= 0.3 is 5.97 Å². The molecule has 0 unspecified atom stereocenters. The first-order chi connectivity index (χ1) is 8.91. The summed E-state index contributed by atoms with van der Waals surface area (Å²) in [5.74, 6) is -1.57. The number of aromatic carboxylic acids is 1. The number of carboxylic acid groups (broad SMARTS) is 1. The van der Waals surface area contributed by atoms with E-state index in [2.05, 4.69) is 15.5 Å². The number of hydrogen-bond acceptors (Lipinski definition) is 4. The van der Waals surface area contributed by atoms with Gasteiger partial charge in [0.15, 0.2) is 5.69 Å². The van der Waals surface area contributed by atoms with Crippen LogP contribution in [0.3, 0.4) is 0 Å². The standard InChI is InChI=1S/C11H13N5O3/c1-6-7(4-12-15(6)2)10(17)14-8-5-13-16(3)9(8)11(18)19/h4-5H,1-3H3,(H,14,17)(H,18,19). The lowest BCUT2D eigenvalue weighted by Crippen LogP contribution is -2.16. The van der Waals surface area contributed by atoms with E-state index < -0.39 is 11.9 Å². The molecule has 2 heterocycles. The lowest BCUT2D eigenvalue weighted by molar-refractivity contribution is 0.0686. The summed E-state index contributed by atoms with van der Waals surface area (Å²) < 4.78 is 2.75. The Hall–Kier alpha value is -2.64. The van der Waals surface area contributed by atoms with Gasteiger partial charge in [-0.2, -0.15) is 10.2 Å². The molecular formula is C11H13N5O3. The summed E-state index contributed by atoms with van der Waals surface area (Å²) in [5.41, 5.74) is 1.17. The van der Waals surface area contributed by atoms with E-state index in [-0.39, 0.29) is 11.4 Å². The molecule has 0 bridgehead atoms. The van der Waals surface area contributed by atoms with Crippen LogP contribution in [0.1, 0.15) is 26.5 Å². The Bertz CT molecular complexity index is 655. The molecule has 2 aromatic heterocycles. The van der Waals surface area contributed by atoms with E-state index in [4.69, 9.17) is 5.11 Å². The second-order valence-electron chi connectivity index (χ2n) is 4.06. The number of carboxylic acids is 1. The Morgan fingerprint density at radius 3 is 2.37 bits per heavy atom. The molecule has 2 aromatic rings. The zero-order valence-electron chi connectivity index (χ0n) is 10.7. The highest BCUT2D eigenvalue weighted by Crippen LogP contribution is 2.16. The topological polar surface area (TPSA) is 102 Å². The molecule has 0 aliphatic heterocycles. The molecule has 0 aliphatic carbocycles. The lowest BCUT2D eigenvalue weighted by atomic mass is 10.2. The molecule has 0 saturated carbocycles. The summed E-state index contributed by atoms with van der Waals surface area (Å²) in [7, 11) is 3.22. The average molecular weight is 263 g/mol. The zero-order chi connectivity index (χ0) is 14.2. The summed E-state index contributed by atoms with van der Waals surface area (Å²) >= 11 is 0. The smallest absolute Gasteiger partial charge is 0.356 e. The van der Waals surface area contributed by atoms with Crippen LogP contribution in [0.15, 0.2) is 12.4 Å². The van der Waals surface area contributed by atoms with E-state index in [1.165, 1.54) is 24.1 Å². The number of aromatic nitrogens is 4. The first-order valence-electron chi connectivity index (χ1n) is 5.47. The predicted octanol–water partition coefficient (Wildman–Crippen LogP) is 0.413. The number of carbonyl (C=O) groups is 2. The van der Waals surface area contributed by atoms with Gasteiger partial charge in [0.1, 0.15) is 0 Å². The summed E-state index contributed by atoms with van der Waals surface area (Å²) in [4.78, 5) is 23.1. The zero-order valence-corrected chi connectivity index (χ0v) is 10.7. The van der Waals surface area contributed by atoms with Crippen molar-refractivity contribution in [3.63, 3.8) is 0 Å². The van der Waals surface area contributed by atoms with Gasteiger partial charge in [-0.3, -0.25) is 14.2 Å². The fraction of sp³-hybridized carbons (Fsp3) is 0.273. The van der Waals surface area contributed by atoms with Crippen molar-refractivity contribution in [2.75, 3.05) is 5.32 Å². The number of hydrogen-bond donors (Lipinski definition) is 2. The minimum atomic E-state index is -1.15. The summed E-state index contributed by atoms with van der Waals surface area (Å²) in [6.45, 7) is 1.75. The van der Waals surface area contributed by atoms with E-state index in [1.807, 2.05) is 0 Å². The van der Waals surface area contributed by atoms with Gasteiger partial charge in [-0.15, -0.1) is 0 Å². The molecule has 0 atom stereocenters. The number of nitrogens with zero attached hydrogens (tertiary/aromatic N) is 4. The van der Waals surface area contributed by atoms with Crippen LogP contribution < -0.4 is 5.32 Å². The fourth-order valence-corrected chi connectivity index (χ4v) is 1.69. The summed E-state index contributed by atoms with van der Waals surface area (Å²) in [6.07, 6.45) is 2.73. The van der Waals surface area contributed by atoms with Gasteiger partial charge in [0.25, 0.3) is 5.91 Å². The van der Waals surface area contributed by atoms with Gasteiger partial charge in [0.05, 0.1) is 23.6 Å². The second kappa shape index (κ2) is 4.56. The third kappa shape index (κ3) is 2.19. The first kappa shape index (κ1) is 12.8. The van der Waals surface area contributed by atoms with Crippen molar-refractivity contribution >= 4 is 17.6 Å². The molecule has 0 spiro atoms. The van der Waals surface area contributed by atoms with Gasteiger partial charge in [0.2, 0.25) is 0 Å². The largest absolute Gasteiger partial charge is 0.476 e. The van der Waals surface area contributed by atoms with E-state index in [0.717, 1.165) is 0 Å². The van der Waals surface area contributed by atoms with Gasteiger partial charge in [-0.1, -0.05) is 0 Å².